The van der Waals surface area contributed by atoms with Crippen molar-refractivity contribution in [2.75, 3.05) is 20.6 Å². The maximum Gasteiger partial charge on any atom is 0.335 e. The predicted molar refractivity (Wildman–Crippen MR) is 108 cm³/mol. The number of carbonyl (C=O) groups is 1. The third-order valence-electron chi connectivity index (χ3n) is 4.93. The van der Waals surface area contributed by atoms with Crippen LogP contribution in [0.5, 0.6) is 11.5 Å². The SMILES string of the molecule is Cc1c(C)n(CCCN(C)C)c2ccc(Oc3ccc(C(=O)O)cc3)cc12. The molecule has 0 saturated carbocycles. The standard InChI is InChI=1S/C22H26N2O3/c1-15-16(2)24(13-5-12-23(3)4)21-11-10-19(14-20(15)21)27-18-8-6-17(7-9-18)22(25)26/h6-11,14H,5,12-13H2,1-4H3,(H,25,26). The Morgan fingerprint density at radius 2 is 1.74 bits per heavy atom. The number of fused-ring (bicyclic) bond motifs is 1. The first-order valence-electron chi connectivity index (χ1n) is 9.12. The van der Waals surface area contributed by atoms with Crippen LogP contribution in [0.15, 0.2) is 42.5 Å². The molecule has 0 aliphatic rings. The van der Waals surface area contributed by atoms with Crippen LogP contribution in [0.3, 0.4) is 0 Å². The number of hydrogen-bond acceptors (Lipinski definition) is 3. The van der Waals surface area contributed by atoms with Gasteiger partial charge in [-0.15, -0.1) is 0 Å². The minimum absolute atomic E-state index is 0.249. The van der Waals surface area contributed by atoms with Crippen molar-refractivity contribution in [1.29, 1.82) is 0 Å². The highest BCUT2D eigenvalue weighted by Gasteiger charge is 2.12. The Morgan fingerprint density at radius 1 is 1.07 bits per heavy atom. The summed E-state index contributed by atoms with van der Waals surface area (Å²) in [7, 11) is 4.19. The van der Waals surface area contributed by atoms with Crippen LogP contribution in [0.2, 0.25) is 0 Å². The van der Waals surface area contributed by atoms with Crippen LogP contribution in [0.1, 0.15) is 28.0 Å². The fourth-order valence-electron chi connectivity index (χ4n) is 3.33. The Labute approximate surface area is 159 Å². The molecule has 1 heterocycles. The summed E-state index contributed by atoms with van der Waals surface area (Å²) in [4.78, 5) is 13.2. The molecule has 0 saturated heterocycles. The third kappa shape index (κ3) is 4.14. The van der Waals surface area contributed by atoms with Gasteiger partial charge in [0.25, 0.3) is 0 Å². The molecule has 0 radical (unpaired) electrons. The molecule has 1 aromatic heterocycles. The maximum absolute atomic E-state index is 11.0. The lowest BCUT2D eigenvalue weighted by atomic mass is 10.1. The number of benzene rings is 2. The topological polar surface area (TPSA) is 54.7 Å². The van der Waals surface area contributed by atoms with Crippen molar-refractivity contribution in [3.63, 3.8) is 0 Å². The van der Waals surface area contributed by atoms with Crippen LogP contribution in [0.25, 0.3) is 10.9 Å². The van der Waals surface area contributed by atoms with Gasteiger partial charge in [-0.05, 0) is 88.9 Å². The Morgan fingerprint density at radius 3 is 2.37 bits per heavy atom. The average molecular weight is 366 g/mol. The van der Waals surface area contributed by atoms with E-state index in [1.54, 1.807) is 24.3 Å². The molecule has 142 valence electrons. The summed E-state index contributed by atoms with van der Waals surface area (Å²) >= 11 is 0. The van der Waals surface area contributed by atoms with Crippen LogP contribution in [-0.2, 0) is 6.54 Å². The number of ether oxygens (including phenoxy) is 1. The average Bonchev–Trinajstić information content (AvgIpc) is 2.86. The number of aromatic carboxylic acids is 1. The summed E-state index contributed by atoms with van der Waals surface area (Å²) in [5.41, 5.74) is 4.02. The van der Waals surface area contributed by atoms with E-state index in [1.807, 2.05) is 6.07 Å². The smallest absolute Gasteiger partial charge is 0.335 e. The maximum atomic E-state index is 11.0. The Hall–Kier alpha value is -2.79. The van der Waals surface area contributed by atoms with Crippen molar-refractivity contribution in [2.24, 2.45) is 0 Å². The molecule has 0 amide bonds. The third-order valence-corrected chi connectivity index (χ3v) is 4.93. The molecule has 3 aromatic rings. The lowest BCUT2D eigenvalue weighted by Gasteiger charge is -2.12. The highest BCUT2D eigenvalue weighted by atomic mass is 16.5. The first-order chi connectivity index (χ1) is 12.9. The number of carboxylic acids is 1. The van der Waals surface area contributed by atoms with Gasteiger partial charge in [0.2, 0.25) is 0 Å². The molecular formula is C22H26N2O3. The Kier molecular flexibility index (Phi) is 5.51. The number of aryl methyl sites for hydroxylation is 2. The Balaban J connectivity index is 1.84. The zero-order chi connectivity index (χ0) is 19.6. The molecule has 0 fully saturated rings. The van der Waals surface area contributed by atoms with Crippen molar-refractivity contribution in [3.8, 4) is 11.5 Å². The molecule has 5 heteroatoms. The van der Waals surface area contributed by atoms with Gasteiger partial charge in [-0.2, -0.15) is 0 Å². The minimum Gasteiger partial charge on any atom is -0.478 e. The molecule has 2 aromatic carbocycles. The van der Waals surface area contributed by atoms with Gasteiger partial charge in [-0.3, -0.25) is 0 Å². The van der Waals surface area contributed by atoms with Gasteiger partial charge in [0.05, 0.1) is 5.56 Å². The summed E-state index contributed by atoms with van der Waals surface area (Å²) in [6.45, 7) is 6.36. The lowest BCUT2D eigenvalue weighted by molar-refractivity contribution is 0.0697. The number of hydrogen-bond donors (Lipinski definition) is 1. The second kappa shape index (κ2) is 7.84. The molecule has 0 unspecified atom stereocenters. The van der Waals surface area contributed by atoms with Gasteiger partial charge in [0.1, 0.15) is 11.5 Å². The zero-order valence-corrected chi connectivity index (χ0v) is 16.3. The number of carboxylic acid groups (broad SMARTS) is 1. The summed E-state index contributed by atoms with van der Waals surface area (Å²) in [5.74, 6) is 0.433. The molecule has 0 aliphatic carbocycles. The van der Waals surface area contributed by atoms with Gasteiger partial charge >= 0.3 is 5.97 Å². The van der Waals surface area contributed by atoms with Gasteiger partial charge in [0, 0.05) is 23.1 Å². The summed E-state index contributed by atoms with van der Waals surface area (Å²) in [5, 5.41) is 10.2. The minimum atomic E-state index is -0.940. The van der Waals surface area contributed by atoms with E-state index >= 15 is 0 Å². The van der Waals surface area contributed by atoms with Crippen LogP contribution >= 0.6 is 0 Å². The van der Waals surface area contributed by atoms with Crippen LogP contribution in [0.4, 0.5) is 0 Å². The van der Waals surface area contributed by atoms with E-state index in [0.29, 0.717) is 5.75 Å². The normalized spacial score (nSPS) is 11.3. The van der Waals surface area contributed by atoms with E-state index in [-0.39, 0.29) is 5.56 Å². The zero-order valence-electron chi connectivity index (χ0n) is 16.3. The highest BCUT2D eigenvalue weighted by Crippen LogP contribution is 2.31. The van der Waals surface area contributed by atoms with Crippen LogP contribution in [0, 0.1) is 13.8 Å². The molecule has 27 heavy (non-hydrogen) atoms. The largest absolute Gasteiger partial charge is 0.478 e. The summed E-state index contributed by atoms with van der Waals surface area (Å²) < 4.78 is 8.30. The van der Waals surface area contributed by atoms with Gasteiger partial charge < -0.3 is 19.3 Å². The first-order valence-corrected chi connectivity index (χ1v) is 9.12. The van der Waals surface area contributed by atoms with E-state index in [2.05, 4.69) is 49.5 Å². The highest BCUT2D eigenvalue weighted by molar-refractivity contribution is 5.88. The van der Waals surface area contributed by atoms with E-state index in [0.717, 1.165) is 25.3 Å². The monoisotopic (exact) mass is 366 g/mol. The number of rotatable bonds is 7. The molecule has 0 aliphatic heterocycles. The van der Waals surface area contributed by atoms with Crippen LogP contribution in [-0.4, -0.2) is 41.2 Å². The summed E-state index contributed by atoms with van der Waals surface area (Å²) in [6.07, 6.45) is 1.10. The van der Waals surface area contributed by atoms with E-state index in [1.165, 1.54) is 22.2 Å². The summed E-state index contributed by atoms with van der Waals surface area (Å²) in [6, 6.07) is 12.6. The second-order valence-corrected chi connectivity index (χ2v) is 7.13. The number of aromatic nitrogens is 1. The molecule has 0 atom stereocenters. The number of nitrogens with zero attached hydrogens (tertiary/aromatic N) is 2. The van der Waals surface area contributed by atoms with Crippen molar-refractivity contribution >= 4 is 16.9 Å². The lowest BCUT2D eigenvalue weighted by Crippen LogP contribution is -2.15. The quantitative estimate of drug-likeness (QED) is 0.658. The Bertz CT molecular complexity index is 956. The fourth-order valence-corrected chi connectivity index (χ4v) is 3.33. The van der Waals surface area contributed by atoms with E-state index < -0.39 is 5.97 Å². The van der Waals surface area contributed by atoms with Crippen molar-refractivity contribution in [2.45, 2.75) is 26.8 Å². The van der Waals surface area contributed by atoms with Gasteiger partial charge in [0.15, 0.2) is 0 Å². The molecule has 5 nitrogen and oxygen atoms in total. The molecule has 3 rings (SSSR count). The van der Waals surface area contributed by atoms with E-state index in [9.17, 15) is 4.79 Å². The van der Waals surface area contributed by atoms with Crippen LogP contribution < -0.4 is 4.74 Å². The van der Waals surface area contributed by atoms with Gasteiger partial charge in [-0.1, -0.05) is 0 Å². The van der Waals surface area contributed by atoms with Crippen molar-refractivity contribution in [1.82, 2.24) is 9.47 Å². The second-order valence-electron chi connectivity index (χ2n) is 7.13. The predicted octanol–water partition coefficient (Wildman–Crippen LogP) is 4.70. The van der Waals surface area contributed by atoms with Crippen molar-refractivity contribution in [3.05, 3.63) is 59.3 Å². The molecular weight excluding hydrogens is 340 g/mol. The molecule has 0 spiro atoms. The fraction of sp³-hybridized carbons (Fsp3) is 0.318. The first kappa shape index (κ1) is 19.0. The molecule has 0 bridgehead atoms. The molecule has 1 N–H and O–H groups in total. The van der Waals surface area contributed by atoms with E-state index in [4.69, 9.17) is 9.84 Å². The van der Waals surface area contributed by atoms with Crippen molar-refractivity contribution < 1.29 is 14.6 Å². The van der Waals surface area contributed by atoms with Gasteiger partial charge in [-0.25, -0.2) is 4.79 Å².